The van der Waals surface area contributed by atoms with Gasteiger partial charge in [0.25, 0.3) is 5.91 Å². The van der Waals surface area contributed by atoms with Crippen LogP contribution < -0.4 is 0 Å². The number of carboxylic acid groups (broad SMARTS) is 1. The number of imidazole rings is 1. The maximum Gasteiger partial charge on any atom is 0.420 e. The van der Waals surface area contributed by atoms with Gasteiger partial charge in [0.05, 0.1) is 11.9 Å². The van der Waals surface area contributed by atoms with E-state index in [4.69, 9.17) is 5.11 Å². The van der Waals surface area contributed by atoms with Crippen LogP contribution in [0, 0.1) is 5.82 Å². The van der Waals surface area contributed by atoms with Gasteiger partial charge in [-0.2, -0.15) is 18.3 Å². The lowest BCUT2D eigenvalue weighted by atomic mass is 10.1. The van der Waals surface area contributed by atoms with Gasteiger partial charge in [0, 0.05) is 31.2 Å². The minimum Gasteiger partial charge on any atom is -0.465 e. The van der Waals surface area contributed by atoms with Crippen molar-refractivity contribution in [3.8, 4) is 11.3 Å². The first-order valence-corrected chi connectivity index (χ1v) is 9.57. The molecule has 32 heavy (non-hydrogen) atoms. The molecule has 1 fully saturated rings. The second kappa shape index (κ2) is 7.77. The molecule has 0 spiro atoms. The summed E-state index contributed by atoms with van der Waals surface area (Å²) in [7, 11) is 0. The number of carbonyl (C=O) groups excluding carboxylic acids is 1. The molecule has 0 saturated carbocycles. The van der Waals surface area contributed by atoms with E-state index < -0.39 is 41.2 Å². The van der Waals surface area contributed by atoms with Gasteiger partial charge in [0.15, 0.2) is 5.65 Å². The fourth-order valence-corrected chi connectivity index (χ4v) is 3.64. The molecule has 2 amide bonds. The van der Waals surface area contributed by atoms with Crippen molar-refractivity contribution in [2.24, 2.45) is 0 Å². The Morgan fingerprint density at radius 3 is 2.44 bits per heavy atom. The topological polar surface area (TPSA) is 91.0 Å². The smallest absolute Gasteiger partial charge is 0.420 e. The van der Waals surface area contributed by atoms with E-state index in [1.54, 1.807) is 6.92 Å². The maximum absolute atomic E-state index is 13.7. The standard InChI is InChI=1S/C20H17F4N5O3/c1-11-9-27(6-7-28(11)19(31)32)18(30)16-10-29-17(25-16)14(20(22,23)24)8-15(26-29)12-2-4-13(21)5-3-12/h2-5,8,10-11H,6-7,9H2,1H3,(H,31,32). The summed E-state index contributed by atoms with van der Waals surface area (Å²) in [4.78, 5) is 30.5. The number of nitrogens with zero attached hydrogens (tertiary/aromatic N) is 5. The van der Waals surface area contributed by atoms with Crippen molar-refractivity contribution in [3.05, 3.63) is 53.6 Å². The first-order valence-electron chi connectivity index (χ1n) is 9.57. The highest BCUT2D eigenvalue weighted by molar-refractivity contribution is 5.93. The molecule has 3 aromatic rings. The monoisotopic (exact) mass is 451 g/mol. The van der Waals surface area contributed by atoms with Crippen molar-refractivity contribution in [1.82, 2.24) is 24.4 Å². The summed E-state index contributed by atoms with van der Waals surface area (Å²) in [5.74, 6) is -1.16. The van der Waals surface area contributed by atoms with Crippen LogP contribution in [0.25, 0.3) is 16.9 Å². The van der Waals surface area contributed by atoms with Crippen LogP contribution >= 0.6 is 0 Å². The zero-order chi connectivity index (χ0) is 23.2. The van der Waals surface area contributed by atoms with E-state index in [2.05, 4.69) is 10.1 Å². The first kappa shape index (κ1) is 21.5. The van der Waals surface area contributed by atoms with Crippen LogP contribution in [-0.4, -0.2) is 67.2 Å². The zero-order valence-electron chi connectivity index (χ0n) is 16.7. The molecule has 0 bridgehead atoms. The van der Waals surface area contributed by atoms with Gasteiger partial charge in [0.1, 0.15) is 17.1 Å². The average molecular weight is 451 g/mol. The molecule has 8 nitrogen and oxygen atoms in total. The van der Waals surface area contributed by atoms with Gasteiger partial charge in [-0.25, -0.2) is 18.7 Å². The number of carbonyl (C=O) groups is 2. The van der Waals surface area contributed by atoms with Crippen LogP contribution in [0.1, 0.15) is 23.0 Å². The minimum atomic E-state index is -4.77. The summed E-state index contributed by atoms with van der Waals surface area (Å²) in [6.45, 7) is 1.88. The molecule has 12 heteroatoms. The number of benzene rings is 1. The summed E-state index contributed by atoms with van der Waals surface area (Å²) >= 11 is 0. The van der Waals surface area contributed by atoms with Gasteiger partial charge in [0.2, 0.25) is 0 Å². The summed E-state index contributed by atoms with van der Waals surface area (Å²) in [6.07, 6.45) is -4.77. The van der Waals surface area contributed by atoms with Crippen LogP contribution in [0.15, 0.2) is 36.5 Å². The molecule has 3 heterocycles. The molecular weight excluding hydrogens is 434 g/mol. The van der Waals surface area contributed by atoms with Crippen LogP contribution in [0.5, 0.6) is 0 Å². The second-order valence-corrected chi connectivity index (χ2v) is 7.42. The van der Waals surface area contributed by atoms with Crippen LogP contribution in [0.2, 0.25) is 0 Å². The summed E-state index contributed by atoms with van der Waals surface area (Å²) in [6, 6.07) is 5.14. The molecule has 2 aromatic heterocycles. The Kier molecular flexibility index (Phi) is 5.23. The number of piperazine rings is 1. The number of alkyl halides is 3. The lowest BCUT2D eigenvalue weighted by molar-refractivity contribution is -0.136. The molecule has 1 aliphatic rings. The summed E-state index contributed by atoms with van der Waals surface area (Å²) in [5.41, 5.74) is -1.67. The Morgan fingerprint density at radius 1 is 1.16 bits per heavy atom. The normalized spacial score (nSPS) is 17.1. The lowest BCUT2D eigenvalue weighted by Gasteiger charge is -2.37. The fourth-order valence-electron chi connectivity index (χ4n) is 3.64. The van der Waals surface area contributed by atoms with Crippen molar-refractivity contribution in [3.63, 3.8) is 0 Å². The van der Waals surface area contributed by atoms with Crippen molar-refractivity contribution < 1.29 is 32.3 Å². The molecule has 1 aliphatic heterocycles. The van der Waals surface area contributed by atoms with Crippen molar-refractivity contribution in [2.45, 2.75) is 19.1 Å². The Hall–Kier alpha value is -3.70. The van der Waals surface area contributed by atoms with Crippen LogP contribution in [-0.2, 0) is 6.18 Å². The van der Waals surface area contributed by atoms with Crippen molar-refractivity contribution >= 4 is 17.6 Å². The van der Waals surface area contributed by atoms with Crippen LogP contribution in [0.4, 0.5) is 22.4 Å². The molecule has 4 rings (SSSR count). The molecule has 0 aliphatic carbocycles. The first-order chi connectivity index (χ1) is 15.0. The number of fused-ring (bicyclic) bond motifs is 1. The van der Waals surface area contributed by atoms with E-state index in [1.165, 1.54) is 21.9 Å². The maximum atomic E-state index is 13.7. The number of hydrogen-bond acceptors (Lipinski definition) is 4. The van der Waals surface area contributed by atoms with Crippen molar-refractivity contribution in [1.29, 1.82) is 0 Å². The quantitative estimate of drug-likeness (QED) is 0.604. The molecule has 168 valence electrons. The van der Waals surface area contributed by atoms with E-state index in [0.717, 1.165) is 28.9 Å². The molecule has 0 radical (unpaired) electrons. The Balaban J connectivity index is 1.72. The third-order valence-corrected chi connectivity index (χ3v) is 5.25. The second-order valence-electron chi connectivity index (χ2n) is 7.42. The number of aromatic nitrogens is 3. The van der Waals surface area contributed by atoms with E-state index in [-0.39, 0.29) is 36.6 Å². The predicted octanol–water partition coefficient (Wildman–Crippen LogP) is 3.38. The Morgan fingerprint density at radius 2 is 1.84 bits per heavy atom. The van der Waals surface area contributed by atoms with Gasteiger partial charge in [-0.3, -0.25) is 4.79 Å². The molecule has 1 aromatic carbocycles. The van der Waals surface area contributed by atoms with Gasteiger partial charge in [-0.05, 0) is 37.3 Å². The highest BCUT2D eigenvalue weighted by atomic mass is 19.4. The number of hydrogen-bond donors (Lipinski definition) is 1. The number of amides is 2. The largest absolute Gasteiger partial charge is 0.465 e. The molecule has 1 unspecified atom stereocenters. The van der Waals surface area contributed by atoms with Crippen LogP contribution in [0.3, 0.4) is 0 Å². The van der Waals surface area contributed by atoms with E-state index >= 15 is 0 Å². The fraction of sp³-hybridized carbons (Fsp3) is 0.300. The highest BCUT2D eigenvalue weighted by Crippen LogP contribution is 2.34. The van der Waals surface area contributed by atoms with Gasteiger partial charge < -0.3 is 14.9 Å². The number of halogens is 4. The zero-order valence-corrected chi connectivity index (χ0v) is 16.7. The summed E-state index contributed by atoms with van der Waals surface area (Å²) in [5, 5.41) is 13.3. The lowest BCUT2D eigenvalue weighted by Crippen LogP contribution is -2.55. The molecular formula is C20H17F4N5O3. The predicted molar refractivity (Wildman–Crippen MR) is 103 cm³/mol. The van der Waals surface area contributed by atoms with Gasteiger partial charge >= 0.3 is 12.3 Å². The SMILES string of the molecule is CC1CN(C(=O)c2cn3nc(-c4ccc(F)cc4)cc(C(F)(F)F)c3n2)CCN1C(=O)O. The van der Waals surface area contributed by atoms with E-state index in [9.17, 15) is 27.2 Å². The molecule has 1 saturated heterocycles. The third kappa shape index (κ3) is 3.95. The van der Waals surface area contributed by atoms with E-state index in [1.807, 2.05) is 0 Å². The Bertz CT molecular complexity index is 1190. The number of rotatable bonds is 2. The third-order valence-electron chi connectivity index (χ3n) is 5.25. The minimum absolute atomic E-state index is 0.0649. The van der Waals surface area contributed by atoms with Gasteiger partial charge in [-0.1, -0.05) is 0 Å². The Labute approximate surface area is 178 Å². The molecule has 1 N–H and O–H groups in total. The highest BCUT2D eigenvalue weighted by Gasteiger charge is 2.36. The summed E-state index contributed by atoms with van der Waals surface area (Å²) < 4.78 is 55.2. The van der Waals surface area contributed by atoms with E-state index in [0.29, 0.717) is 0 Å². The molecule has 1 atom stereocenters. The van der Waals surface area contributed by atoms with Crippen molar-refractivity contribution in [2.75, 3.05) is 19.6 Å². The average Bonchev–Trinajstić information content (AvgIpc) is 3.16. The van der Waals surface area contributed by atoms with Gasteiger partial charge in [-0.15, -0.1) is 0 Å².